The lowest BCUT2D eigenvalue weighted by Crippen LogP contribution is -2.46. The van der Waals surface area contributed by atoms with Crippen molar-refractivity contribution in [3.63, 3.8) is 0 Å². The van der Waals surface area contributed by atoms with Crippen LogP contribution in [0.1, 0.15) is 30.7 Å². The minimum Gasteiger partial charge on any atom is -0.353 e. The number of likely N-dealkylation sites (tertiary alicyclic amines) is 1. The molecule has 156 valence electrons. The fraction of sp³-hybridized carbons (Fsp3) is 0.360. The number of carbonyl (C=O) groups excluding carboxylic acids is 1. The van der Waals surface area contributed by atoms with Crippen LogP contribution in [0.2, 0.25) is 0 Å². The summed E-state index contributed by atoms with van der Waals surface area (Å²) in [5.41, 5.74) is 3.06. The summed E-state index contributed by atoms with van der Waals surface area (Å²) in [6.07, 6.45) is 5.31. The molecule has 4 nitrogen and oxygen atoms in total. The van der Waals surface area contributed by atoms with Crippen molar-refractivity contribution in [3.05, 3.63) is 76.7 Å². The van der Waals surface area contributed by atoms with Crippen molar-refractivity contribution in [1.82, 2.24) is 15.2 Å². The zero-order valence-corrected chi connectivity index (χ0v) is 18.5. The highest BCUT2D eigenvalue weighted by Crippen LogP contribution is 2.36. The molecule has 30 heavy (non-hydrogen) atoms. The lowest BCUT2D eigenvalue weighted by atomic mass is 9.79. The molecule has 1 aromatic carbocycles. The Morgan fingerprint density at radius 1 is 1.20 bits per heavy atom. The highest BCUT2D eigenvalue weighted by Gasteiger charge is 2.44. The molecule has 1 fully saturated rings. The van der Waals surface area contributed by atoms with E-state index in [4.69, 9.17) is 0 Å². The SMILES string of the molecule is CC(C)NC(=O)[C@]1(Cc2cccc(-c3cccnc3)c2)CCN(Cc2cccs2)C1. The number of aromatic nitrogens is 1. The number of pyridine rings is 1. The van der Waals surface area contributed by atoms with Gasteiger partial charge in [-0.1, -0.05) is 36.4 Å². The van der Waals surface area contributed by atoms with Gasteiger partial charge in [0.15, 0.2) is 0 Å². The summed E-state index contributed by atoms with van der Waals surface area (Å²) in [5.74, 6) is 0.179. The summed E-state index contributed by atoms with van der Waals surface area (Å²) in [5, 5.41) is 5.32. The maximum absolute atomic E-state index is 13.3. The molecule has 0 unspecified atom stereocenters. The lowest BCUT2D eigenvalue weighted by Gasteiger charge is -2.30. The molecule has 1 atom stereocenters. The van der Waals surface area contributed by atoms with Gasteiger partial charge in [-0.05, 0) is 67.4 Å². The van der Waals surface area contributed by atoms with Crippen molar-refractivity contribution in [2.45, 2.75) is 39.3 Å². The van der Waals surface area contributed by atoms with E-state index in [9.17, 15) is 4.79 Å². The number of amides is 1. The van der Waals surface area contributed by atoms with Crippen molar-refractivity contribution in [1.29, 1.82) is 0 Å². The monoisotopic (exact) mass is 419 g/mol. The van der Waals surface area contributed by atoms with Crippen molar-refractivity contribution in [2.75, 3.05) is 13.1 Å². The second kappa shape index (κ2) is 9.11. The molecule has 0 radical (unpaired) electrons. The predicted molar refractivity (Wildman–Crippen MR) is 123 cm³/mol. The molecule has 5 heteroatoms. The zero-order chi connectivity index (χ0) is 21.0. The topological polar surface area (TPSA) is 45.2 Å². The van der Waals surface area contributed by atoms with Crippen LogP contribution in [0.4, 0.5) is 0 Å². The highest BCUT2D eigenvalue weighted by atomic mass is 32.1. The highest BCUT2D eigenvalue weighted by molar-refractivity contribution is 7.09. The molecule has 0 saturated carbocycles. The molecular weight excluding hydrogens is 390 g/mol. The van der Waals surface area contributed by atoms with Gasteiger partial charge in [-0.15, -0.1) is 11.3 Å². The van der Waals surface area contributed by atoms with Crippen LogP contribution in [0.3, 0.4) is 0 Å². The Morgan fingerprint density at radius 3 is 2.80 bits per heavy atom. The third-order valence-corrected chi connectivity index (χ3v) is 6.62. The van der Waals surface area contributed by atoms with E-state index >= 15 is 0 Å². The molecule has 1 saturated heterocycles. The van der Waals surface area contributed by atoms with E-state index in [1.807, 2.05) is 26.1 Å². The summed E-state index contributed by atoms with van der Waals surface area (Å²) < 4.78 is 0. The maximum Gasteiger partial charge on any atom is 0.228 e. The second-order valence-electron chi connectivity index (χ2n) is 8.57. The summed E-state index contributed by atoms with van der Waals surface area (Å²) in [7, 11) is 0. The van der Waals surface area contributed by atoms with Crippen molar-refractivity contribution < 1.29 is 4.79 Å². The minimum atomic E-state index is -0.394. The number of rotatable bonds is 7. The normalized spacial score (nSPS) is 19.3. The summed E-state index contributed by atoms with van der Waals surface area (Å²) in [4.78, 5) is 21.4. The van der Waals surface area contributed by atoms with Gasteiger partial charge in [0.1, 0.15) is 0 Å². The molecule has 3 aromatic rings. The van der Waals surface area contributed by atoms with Crippen LogP contribution >= 0.6 is 11.3 Å². The van der Waals surface area contributed by atoms with Gasteiger partial charge in [0.25, 0.3) is 0 Å². The lowest BCUT2D eigenvalue weighted by molar-refractivity contribution is -0.131. The van der Waals surface area contributed by atoms with Crippen LogP contribution in [0, 0.1) is 5.41 Å². The molecular formula is C25H29N3OS. The number of carbonyl (C=O) groups is 1. The van der Waals surface area contributed by atoms with E-state index in [-0.39, 0.29) is 11.9 Å². The van der Waals surface area contributed by atoms with Gasteiger partial charge in [-0.25, -0.2) is 0 Å². The predicted octanol–water partition coefficient (Wildman–Crippen LogP) is 4.77. The zero-order valence-electron chi connectivity index (χ0n) is 17.7. The standard InChI is InChI=1S/C25H29N3OS/c1-19(2)27-24(29)25(10-12-28(18-25)17-23-9-5-13-30-23)15-20-6-3-7-21(14-20)22-8-4-11-26-16-22/h3-9,11,13-14,16,19H,10,12,15,17-18H2,1-2H3,(H,27,29)/t25-/m0/s1. The molecule has 0 bridgehead atoms. The number of hydrogen-bond acceptors (Lipinski definition) is 4. The molecule has 1 amide bonds. The van der Waals surface area contributed by atoms with Crippen LogP contribution in [0.25, 0.3) is 11.1 Å². The Kier molecular flexibility index (Phi) is 6.30. The van der Waals surface area contributed by atoms with Crippen LogP contribution < -0.4 is 5.32 Å². The fourth-order valence-electron chi connectivity index (χ4n) is 4.33. The third kappa shape index (κ3) is 4.79. The van der Waals surface area contributed by atoms with Gasteiger partial charge >= 0.3 is 0 Å². The molecule has 3 heterocycles. The number of benzene rings is 1. The first-order valence-electron chi connectivity index (χ1n) is 10.6. The quantitative estimate of drug-likeness (QED) is 0.600. The van der Waals surface area contributed by atoms with Crippen LogP contribution in [0.5, 0.6) is 0 Å². The van der Waals surface area contributed by atoms with E-state index in [1.54, 1.807) is 17.5 Å². The van der Waals surface area contributed by atoms with E-state index in [1.165, 1.54) is 10.4 Å². The smallest absolute Gasteiger partial charge is 0.228 e. The van der Waals surface area contributed by atoms with Gasteiger partial charge in [-0.3, -0.25) is 14.7 Å². The van der Waals surface area contributed by atoms with Gasteiger partial charge in [0.05, 0.1) is 5.41 Å². The Morgan fingerprint density at radius 2 is 2.07 bits per heavy atom. The largest absolute Gasteiger partial charge is 0.353 e. The van der Waals surface area contributed by atoms with Crippen molar-refractivity contribution in [2.24, 2.45) is 5.41 Å². The number of nitrogens with one attached hydrogen (secondary N) is 1. The summed E-state index contributed by atoms with van der Waals surface area (Å²) in [6.45, 7) is 6.73. The van der Waals surface area contributed by atoms with Gasteiger partial charge in [0, 0.05) is 36.4 Å². The molecule has 2 aromatic heterocycles. The van der Waals surface area contributed by atoms with E-state index in [0.717, 1.165) is 43.6 Å². The first-order valence-corrected chi connectivity index (χ1v) is 11.5. The Labute approximate surface area is 183 Å². The summed E-state index contributed by atoms with van der Waals surface area (Å²) >= 11 is 1.78. The maximum atomic E-state index is 13.3. The number of hydrogen-bond donors (Lipinski definition) is 1. The number of thiophene rings is 1. The van der Waals surface area contributed by atoms with E-state index in [2.05, 4.69) is 63.0 Å². The van der Waals surface area contributed by atoms with Crippen LogP contribution in [-0.2, 0) is 17.8 Å². The van der Waals surface area contributed by atoms with Gasteiger partial charge in [-0.2, -0.15) is 0 Å². The Balaban J connectivity index is 1.57. The number of nitrogens with zero attached hydrogens (tertiary/aromatic N) is 2. The Hall–Kier alpha value is -2.50. The van der Waals surface area contributed by atoms with Crippen molar-refractivity contribution >= 4 is 17.2 Å². The van der Waals surface area contributed by atoms with Crippen LogP contribution in [-0.4, -0.2) is 34.9 Å². The molecule has 1 aliphatic heterocycles. The fourth-order valence-corrected chi connectivity index (χ4v) is 5.07. The van der Waals surface area contributed by atoms with Gasteiger partial charge in [0.2, 0.25) is 5.91 Å². The van der Waals surface area contributed by atoms with E-state index in [0.29, 0.717) is 0 Å². The van der Waals surface area contributed by atoms with E-state index < -0.39 is 5.41 Å². The minimum absolute atomic E-state index is 0.141. The summed E-state index contributed by atoms with van der Waals surface area (Å²) in [6, 6.07) is 17.0. The molecule has 1 N–H and O–H groups in total. The molecule has 0 aliphatic carbocycles. The average molecular weight is 420 g/mol. The molecule has 0 spiro atoms. The Bertz CT molecular complexity index is 971. The van der Waals surface area contributed by atoms with Crippen molar-refractivity contribution in [3.8, 4) is 11.1 Å². The van der Waals surface area contributed by atoms with Crippen LogP contribution in [0.15, 0.2) is 66.3 Å². The molecule has 4 rings (SSSR count). The second-order valence-corrected chi connectivity index (χ2v) is 9.60. The average Bonchev–Trinajstić information content (AvgIpc) is 3.40. The third-order valence-electron chi connectivity index (χ3n) is 5.76. The first-order chi connectivity index (χ1) is 14.5. The van der Waals surface area contributed by atoms with Gasteiger partial charge < -0.3 is 5.32 Å². The molecule has 1 aliphatic rings. The first kappa shape index (κ1) is 20.8.